The van der Waals surface area contributed by atoms with Gasteiger partial charge in [-0.1, -0.05) is 12.8 Å². The first-order valence-corrected chi connectivity index (χ1v) is 6.31. The number of carbonyl (C=O) groups excluding carboxylic acids is 1. The van der Waals surface area contributed by atoms with Crippen LogP contribution in [0.3, 0.4) is 0 Å². The third-order valence-corrected chi connectivity index (χ3v) is 3.12. The van der Waals surface area contributed by atoms with Gasteiger partial charge in [-0.3, -0.25) is 4.79 Å². The van der Waals surface area contributed by atoms with Gasteiger partial charge in [0.15, 0.2) is 0 Å². The normalized spacial score (nSPS) is 24.6. The fourth-order valence-corrected chi connectivity index (χ4v) is 1.97. The van der Waals surface area contributed by atoms with Gasteiger partial charge in [0, 0.05) is 13.2 Å². The van der Waals surface area contributed by atoms with Crippen LogP contribution >= 0.6 is 0 Å². The highest BCUT2D eigenvalue weighted by Gasteiger charge is 2.37. The average Bonchev–Trinajstić information content (AvgIpc) is 2.71. The van der Waals surface area contributed by atoms with E-state index < -0.39 is 5.60 Å². The van der Waals surface area contributed by atoms with Crippen molar-refractivity contribution in [2.24, 2.45) is 5.73 Å². The third kappa shape index (κ3) is 4.10. The summed E-state index contributed by atoms with van der Waals surface area (Å²) < 4.78 is 5.47. The summed E-state index contributed by atoms with van der Waals surface area (Å²) in [7, 11) is 0. The molecule has 4 heteroatoms. The number of carbonyl (C=O) groups is 1. The van der Waals surface area contributed by atoms with Crippen LogP contribution < -0.4 is 11.1 Å². The summed E-state index contributed by atoms with van der Waals surface area (Å²) >= 11 is 0. The third-order valence-electron chi connectivity index (χ3n) is 3.12. The molecule has 1 aliphatic heterocycles. The second-order valence-corrected chi connectivity index (χ2v) is 4.64. The smallest absolute Gasteiger partial charge is 0.251 e. The van der Waals surface area contributed by atoms with Crippen LogP contribution in [0.15, 0.2) is 0 Å². The monoisotopic (exact) mass is 228 g/mol. The highest BCUT2D eigenvalue weighted by Crippen LogP contribution is 2.24. The molecule has 1 saturated heterocycles. The maximum Gasteiger partial charge on any atom is 0.251 e. The fourth-order valence-electron chi connectivity index (χ4n) is 1.97. The van der Waals surface area contributed by atoms with Crippen molar-refractivity contribution < 1.29 is 9.53 Å². The van der Waals surface area contributed by atoms with E-state index in [0.717, 1.165) is 51.6 Å². The molecule has 3 N–H and O–H groups in total. The summed E-state index contributed by atoms with van der Waals surface area (Å²) in [5.41, 5.74) is 4.83. The first-order chi connectivity index (χ1) is 7.69. The predicted molar refractivity (Wildman–Crippen MR) is 64.1 cm³/mol. The van der Waals surface area contributed by atoms with Crippen LogP contribution in [0.2, 0.25) is 0 Å². The first kappa shape index (κ1) is 13.5. The van der Waals surface area contributed by atoms with Gasteiger partial charge in [-0.05, 0) is 39.2 Å². The second-order valence-electron chi connectivity index (χ2n) is 4.64. The van der Waals surface area contributed by atoms with Crippen LogP contribution in [0.5, 0.6) is 0 Å². The molecule has 16 heavy (non-hydrogen) atoms. The molecule has 1 heterocycles. The summed E-state index contributed by atoms with van der Waals surface area (Å²) in [4.78, 5) is 11.8. The Balaban J connectivity index is 2.06. The molecular formula is C12H24N2O2. The quantitative estimate of drug-likeness (QED) is 0.643. The zero-order valence-electron chi connectivity index (χ0n) is 10.3. The number of rotatable bonds is 7. The van der Waals surface area contributed by atoms with Crippen molar-refractivity contribution in [3.63, 3.8) is 0 Å². The number of ether oxygens (including phenoxy) is 1. The van der Waals surface area contributed by atoms with Crippen LogP contribution in [-0.2, 0) is 9.53 Å². The zero-order valence-corrected chi connectivity index (χ0v) is 10.3. The number of unbranched alkanes of at least 4 members (excludes halogenated alkanes) is 3. The van der Waals surface area contributed by atoms with Crippen molar-refractivity contribution in [3.05, 3.63) is 0 Å². The second kappa shape index (κ2) is 6.86. The minimum absolute atomic E-state index is 0.0452. The molecule has 1 rings (SSSR count). The van der Waals surface area contributed by atoms with Crippen molar-refractivity contribution in [2.45, 2.75) is 51.0 Å². The molecule has 0 aromatic heterocycles. The number of hydrogen-bond donors (Lipinski definition) is 2. The van der Waals surface area contributed by atoms with Crippen molar-refractivity contribution in [3.8, 4) is 0 Å². The Bertz CT molecular complexity index is 213. The summed E-state index contributed by atoms with van der Waals surface area (Å²) in [6.45, 7) is 4.10. The molecule has 1 aliphatic rings. The van der Waals surface area contributed by atoms with Crippen LogP contribution in [0.1, 0.15) is 45.4 Å². The van der Waals surface area contributed by atoms with Crippen molar-refractivity contribution in [1.29, 1.82) is 0 Å². The minimum atomic E-state index is -0.572. The van der Waals surface area contributed by atoms with E-state index in [1.165, 1.54) is 0 Å². The maximum absolute atomic E-state index is 11.8. The lowest BCUT2D eigenvalue weighted by Crippen LogP contribution is -2.44. The van der Waals surface area contributed by atoms with Crippen molar-refractivity contribution in [1.82, 2.24) is 5.32 Å². The molecule has 1 atom stereocenters. The lowest BCUT2D eigenvalue weighted by Gasteiger charge is -2.21. The Morgan fingerprint density at radius 2 is 2.12 bits per heavy atom. The summed E-state index contributed by atoms with van der Waals surface area (Å²) in [5.74, 6) is 0.0452. The summed E-state index contributed by atoms with van der Waals surface area (Å²) in [6, 6.07) is 0. The SMILES string of the molecule is CC1(C(=O)NCCCCCCN)CCCO1. The number of nitrogens with two attached hydrogens (primary N) is 1. The Labute approximate surface area is 97.9 Å². The average molecular weight is 228 g/mol. The largest absolute Gasteiger partial charge is 0.365 e. The molecule has 0 saturated carbocycles. The highest BCUT2D eigenvalue weighted by molar-refractivity contribution is 5.84. The predicted octanol–water partition coefficient (Wildman–Crippen LogP) is 1.19. The zero-order chi connectivity index (χ0) is 11.9. The Morgan fingerprint density at radius 3 is 2.75 bits per heavy atom. The molecule has 1 amide bonds. The molecule has 0 aromatic rings. The van der Waals surface area contributed by atoms with Gasteiger partial charge in [-0.2, -0.15) is 0 Å². The first-order valence-electron chi connectivity index (χ1n) is 6.31. The lowest BCUT2D eigenvalue weighted by molar-refractivity contribution is -0.139. The molecule has 0 bridgehead atoms. The highest BCUT2D eigenvalue weighted by atomic mass is 16.5. The van der Waals surface area contributed by atoms with Crippen LogP contribution in [0.25, 0.3) is 0 Å². The van der Waals surface area contributed by atoms with E-state index in [9.17, 15) is 4.79 Å². The van der Waals surface area contributed by atoms with E-state index in [2.05, 4.69) is 5.32 Å². The molecule has 0 aromatic carbocycles. The van der Waals surface area contributed by atoms with Gasteiger partial charge in [-0.25, -0.2) is 0 Å². The van der Waals surface area contributed by atoms with E-state index in [0.29, 0.717) is 6.61 Å². The number of nitrogens with one attached hydrogen (secondary N) is 1. The van der Waals surface area contributed by atoms with Crippen LogP contribution in [0.4, 0.5) is 0 Å². The van der Waals surface area contributed by atoms with E-state index >= 15 is 0 Å². The van der Waals surface area contributed by atoms with Crippen molar-refractivity contribution in [2.75, 3.05) is 19.7 Å². The lowest BCUT2D eigenvalue weighted by atomic mass is 10.0. The van der Waals surface area contributed by atoms with Crippen LogP contribution in [0, 0.1) is 0 Å². The molecule has 0 radical (unpaired) electrons. The Kier molecular flexibility index (Phi) is 5.77. The van der Waals surface area contributed by atoms with Gasteiger partial charge in [-0.15, -0.1) is 0 Å². The minimum Gasteiger partial charge on any atom is -0.365 e. The summed E-state index contributed by atoms with van der Waals surface area (Å²) in [5, 5.41) is 2.95. The molecule has 94 valence electrons. The van der Waals surface area contributed by atoms with E-state index in [-0.39, 0.29) is 5.91 Å². The molecule has 0 aliphatic carbocycles. The van der Waals surface area contributed by atoms with Gasteiger partial charge in [0.1, 0.15) is 5.60 Å². The number of amides is 1. The fraction of sp³-hybridized carbons (Fsp3) is 0.917. The van der Waals surface area contributed by atoms with E-state index in [4.69, 9.17) is 10.5 Å². The maximum atomic E-state index is 11.8. The van der Waals surface area contributed by atoms with E-state index in [1.807, 2.05) is 6.92 Å². The summed E-state index contributed by atoms with van der Waals surface area (Å²) in [6.07, 6.45) is 6.22. The van der Waals surface area contributed by atoms with Crippen LogP contribution in [-0.4, -0.2) is 31.2 Å². The molecule has 0 spiro atoms. The van der Waals surface area contributed by atoms with Crippen molar-refractivity contribution >= 4 is 5.91 Å². The Morgan fingerprint density at radius 1 is 1.38 bits per heavy atom. The van der Waals surface area contributed by atoms with Gasteiger partial charge in [0.2, 0.25) is 0 Å². The van der Waals surface area contributed by atoms with Gasteiger partial charge < -0.3 is 15.8 Å². The Hall–Kier alpha value is -0.610. The van der Waals surface area contributed by atoms with Gasteiger partial charge in [0.25, 0.3) is 5.91 Å². The van der Waals surface area contributed by atoms with Gasteiger partial charge >= 0.3 is 0 Å². The molecule has 1 unspecified atom stereocenters. The molecular weight excluding hydrogens is 204 g/mol. The molecule has 1 fully saturated rings. The topological polar surface area (TPSA) is 64.4 Å². The number of hydrogen-bond acceptors (Lipinski definition) is 3. The van der Waals surface area contributed by atoms with E-state index in [1.54, 1.807) is 0 Å². The van der Waals surface area contributed by atoms with Gasteiger partial charge in [0.05, 0.1) is 0 Å². The molecule has 4 nitrogen and oxygen atoms in total. The standard InChI is InChI=1S/C12H24N2O2/c1-12(7-6-10-16-12)11(15)14-9-5-3-2-4-8-13/h2-10,13H2,1H3,(H,14,15).